The lowest BCUT2D eigenvalue weighted by Crippen LogP contribution is -2.44. The number of aromatic amines is 1. The Labute approximate surface area is 89.1 Å². The SMILES string of the molecule is C[C@@H]1CCC[C@H](C)N1c1nn(C)c(=O)[nH]1. The molecule has 0 amide bonds. The lowest BCUT2D eigenvalue weighted by Gasteiger charge is -2.38. The molecule has 5 heteroatoms. The molecule has 2 heterocycles. The van der Waals surface area contributed by atoms with E-state index in [2.05, 4.69) is 28.8 Å². The standard InChI is InChI=1S/C10H18N4O/c1-7-5-4-6-8(2)14(7)9-11-10(15)13(3)12-9/h7-8H,4-6H2,1-3H3,(H,11,12,15)/t7-,8+. The maximum absolute atomic E-state index is 11.3. The number of nitrogens with one attached hydrogen (secondary N) is 1. The molecular weight excluding hydrogens is 192 g/mol. The molecule has 15 heavy (non-hydrogen) atoms. The van der Waals surface area contributed by atoms with Crippen molar-refractivity contribution in [1.82, 2.24) is 14.8 Å². The zero-order chi connectivity index (χ0) is 11.0. The molecule has 0 unspecified atom stereocenters. The number of nitrogens with zero attached hydrogens (tertiary/aromatic N) is 3. The molecule has 1 aliphatic heterocycles. The normalized spacial score (nSPS) is 27.0. The van der Waals surface area contributed by atoms with Gasteiger partial charge < -0.3 is 4.90 Å². The van der Waals surface area contributed by atoms with Gasteiger partial charge in [-0.15, -0.1) is 5.10 Å². The Kier molecular flexibility index (Phi) is 2.54. The Hall–Kier alpha value is -1.26. The first-order valence-electron chi connectivity index (χ1n) is 5.51. The Morgan fingerprint density at radius 2 is 1.93 bits per heavy atom. The van der Waals surface area contributed by atoms with Crippen molar-refractivity contribution >= 4 is 5.95 Å². The van der Waals surface area contributed by atoms with Crippen LogP contribution >= 0.6 is 0 Å². The summed E-state index contributed by atoms with van der Waals surface area (Å²) in [7, 11) is 1.67. The van der Waals surface area contributed by atoms with Crippen LogP contribution in [0.15, 0.2) is 4.79 Å². The molecule has 0 aliphatic carbocycles. The lowest BCUT2D eigenvalue weighted by molar-refractivity contribution is 0.407. The van der Waals surface area contributed by atoms with Crippen LogP contribution in [0.1, 0.15) is 33.1 Å². The van der Waals surface area contributed by atoms with E-state index in [9.17, 15) is 4.79 Å². The Morgan fingerprint density at radius 1 is 1.33 bits per heavy atom. The van der Waals surface area contributed by atoms with Gasteiger partial charge in [0.25, 0.3) is 0 Å². The molecule has 1 aromatic rings. The van der Waals surface area contributed by atoms with Crippen molar-refractivity contribution in [2.45, 2.75) is 45.2 Å². The van der Waals surface area contributed by atoms with Crippen LogP contribution in [0.4, 0.5) is 5.95 Å². The fraction of sp³-hybridized carbons (Fsp3) is 0.800. The van der Waals surface area contributed by atoms with Crippen LogP contribution in [0.2, 0.25) is 0 Å². The molecule has 1 aromatic heterocycles. The smallest absolute Gasteiger partial charge is 0.336 e. The topological polar surface area (TPSA) is 53.9 Å². The van der Waals surface area contributed by atoms with Crippen molar-refractivity contribution in [1.29, 1.82) is 0 Å². The van der Waals surface area contributed by atoms with Crippen LogP contribution in [0.5, 0.6) is 0 Å². The van der Waals surface area contributed by atoms with E-state index in [0.29, 0.717) is 18.0 Å². The third kappa shape index (κ3) is 1.78. The molecule has 0 bridgehead atoms. The van der Waals surface area contributed by atoms with Crippen LogP contribution in [0.25, 0.3) is 0 Å². The van der Waals surface area contributed by atoms with Gasteiger partial charge in [-0.25, -0.2) is 9.48 Å². The third-order valence-corrected chi connectivity index (χ3v) is 3.20. The second-order valence-corrected chi connectivity index (χ2v) is 4.41. The van der Waals surface area contributed by atoms with Gasteiger partial charge in [0.15, 0.2) is 0 Å². The van der Waals surface area contributed by atoms with Gasteiger partial charge in [0.1, 0.15) is 0 Å². The van der Waals surface area contributed by atoms with Gasteiger partial charge in [-0.2, -0.15) is 0 Å². The summed E-state index contributed by atoms with van der Waals surface area (Å²) >= 11 is 0. The number of aromatic nitrogens is 3. The van der Waals surface area contributed by atoms with Gasteiger partial charge in [-0.1, -0.05) is 0 Å². The Bertz CT molecular complexity index is 384. The van der Waals surface area contributed by atoms with Gasteiger partial charge >= 0.3 is 5.69 Å². The average Bonchev–Trinajstić information content (AvgIpc) is 2.46. The van der Waals surface area contributed by atoms with Gasteiger partial charge in [0.05, 0.1) is 0 Å². The maximum Gasteiger partial charge on any atom is 0.344 e. The molecule has 0 aromatic carbocycles. The minimum atomic E-state index is -0.144. The number of H-pyrrole nitrogens is 1. The first kappa shape index (κ1) is 10.3. The van der Waals surface area contributed by atoms with Crippen molar-refractivity contribution in [3.63, 3.8) is 0 Å². The minimum absolute atomic E-state index is 0.144. The number of hydrogen-bond acceptors (Lipinski definition) is 3. The van der Waals surface area contributed by atoms with E-state index in [0.717, 1.165) is 0 Å². The molecule has 2 rings (SSSR count). The number of aryl methyl sites for hydroxylation is 1. The van der Waals surface area contributed by atoms with Crippen LogP contribution in [-0.2, 0) is 7.05 Å². The highest BCUT2D eigenvalue weighted by Crippen LogP contribution is 2.25. The summed E-state index contributed by atoms with van der Waals surface area (Å²) in [6.45, 7) is 4.37. The second-order valence-electron chi connectivity index (χ2n) is 4.41. The molecule has 0 radical (unpaired) electrons. The van der Waals surface area contributed by atoms with Crippen LogP contribution in [-0.4, -0.2) is 26.8 Å². The summed E-state index contributed by atoms with van der Waals surface area (Å²) in [6.07, 6.45) is 3.60. The quantitative estimate of drug-likeness (QED) is 0.748. The van der Waals surface area contributed by atoms with Crippen molar-refractivity contribution in [2.75, 3.05) is 4.90 Å². The summed E-state index contributed by atoms with van der Waals surface area (Å²) in [4.78, 5) is 16.3. The van der Waals surface area contributed by atoms with Crippen LogP contribution in [0, 0.1) is 0 Å². The van der Waals surface area contributed by atoms with Crippen molar-refractivity contribution in [3.05, 3.63) is 10.5 Å². The van der Waals surface area contributed by atoms with E-state index >= 15 is 0 Å². The van der Waals surface area contributed by atoms with E-state index in [-0.39, 0.29) is 5.69 Å². The minimum Gasteiger partial charge on any atom is -0.336 e. The fourth-order valence-corrected chi connectivity index (χ4v) is 2.34. The van der Waals surface area contributed by atoms with E-state index in [1.807, 2.05) is 0 Å². The molecule has 1 N–H and O–H groups in total. The molecule has 1 saturated heterocycles. The molecule has 84 valence electrons. The second kappa shape index (κ2) is 3.72. The summed E-state index contributed by atoms with van der Waals surface area (Å²) < 4.78 is 1.35. The lowest BCUT2D eigenvalue weighted by atomic mass is 9.98. The van der Waals surface area contributed by atoms with Crippen molar-refractivity contribution in [2.24, 2.45) is 7.05 Å². The van der Waals surface area contributed by atoms with Gasteiger partial charge in [-0.05, 0) is 33.1 Å². The summed E-state index contributed by atoms with van der Waals surface area (Å²) in [5.74, 6) is 0.710. The highest BCUT2D eigenvalue weighted by atomic mass is 16.2. The number of piperidine rings is 1. The predicted molar refractivity (Wildman–Crippen MR) is 59.1 cm³/mol. The molecule has 5 nitrogen and oxygen atoms in total. The van der Waals surface area contributed by atoms with Crippen molar-refractivity contribution in [3.8, 4) is 0 Å². The van der Waals surface area contributed by atoms with Crippen LogP contribution < -0.4 is 10.6 Å². The first-order valence-corrected chi connectivity index (χ1v) is 5.51. The van der Waals surface area contributed by atoms with Gasteiger partial charge in [-0.3, -0.25) is 4.98 Å². The highest BCUT2D eigenvalue weighted by molar-refractivity contribution is 5.32. The molecular formula is C10H18N4O. The Balaban J connectivity index is 2.31. The van der Waals surface area contributed by atoms with E-state index in [4.69, 9.17) is 0 Å². The summed E-state index contributed by atoms with van der Waals surface area (Å²) in [6, 6.07) is 0.915. The summed E-state index contributed by atoms with van der Waals surface area (Å²) in [5.41, 5.74) is -0.144. The molecule has 2 atom stereocenters. The first-order chi connectivity index (χ1) is 7.09. The van der Waals surface area contributed by atoms with E-state index in [1.165, 1.54) is 23.9 Å². The number of anilines is 1. The molecule has 1 fully saturated rings. The van der Waals surface area contributed by atoms with E-state index < -0.39 is 0 Å². The van der Waals surface area contributed by atoms with Crippen molar-refractivity contribution < 1.29 is 0 Å². The largest absolute Gasteiger partial charge is 0.344 e. The highest BCUT2D eigenvalue weighted by Gasteiger charge is 2.27. The van der Waals surface area contributed by atoms with Gasteiger partial charge in [0.2, 0.25) is 5.95 Å². The summed E-state index contributed by atoms with van der Waals surface area (Å²) in [5, 5.41) is 4.21. The number of rotatable bonds is 1. The zero-order valence-electron chi connectivity index (χ0n) is 9.53. The zero-order valence-corrected chi connectivity index (χ0v) is 9.53. The third-order valence-electron chi connectivity index (χ3n) is 3.20. The monoisotopic (exact) mass is 210 g/mol. The molecule has 1 aliphatic rings. The predicted octanol–water partition coefficient (Wildman–Crippen LogP) is 0.876. The van der Waals surface area contributed by atoms with Gasteiger partial charge in [0, 0.05) is 19.1 Å². The fourth-order valence-electron chi connectivity index (χ4n) is 2.34. The average molecular weight is 210 g/mol. The Morgan fingerprint density at radius 3 is 2.40 bits per heavy atom. The molecule has 0 spiro atoms. The number of hydrogen-bond donors (Lipinski definition) is 1. The maximum atomic E-state index is 11.3. The molecule has 0 saturated carbocycles. The van der Waals surface area contributed by atoms with Crippen LogP contribution in [0.3, 0.4) is 0 Å². The van der Waals surface area contributed by atoms with E-state index in [1.54, 1.807) is 7.05 Å².